The van der Waals surface area contributed by atoms with Crippen molar-refractivity contribution in [3.05, 3.63) is 89.8 Å². The van der Waals surface area contributed by atoms with Gasteiger partial charge >= 0.3 is 0 Å². The van der Waals surface area contributed by atoms with Crippen molar-refractivity contribution in [3.63, 3.8) is 0 Å². The smallest absolute Gasteiger partial charge is 0.243 e. The van der Waals surface area contributed by atoms with Crippen molar-refractivity contribution < 1.29 is 17.6 Å². The molecule has 0 aliphatic carbocycles. The van der Waals surface area contributed by atoms with Crippen molar-refractivity contribution >= 4 is 33.0 Å². The van der Waals surface area contributed by atoms with Gasteiger partial charge in [0.15, 0.2) is 0 Å². The van der Waals surface area contributed by atoms with E-state index in [2.05, 4.69) is 10.3 Å². The zero-order valence-electron chi connectivity index (χ0n) is 17.3. The number of anilines is 1. The molecule has 0 unspecified atom stereocenters. The molecule has 0 fully saturated rings. The molecule has 1 amide bonds. The van der Waals surface area contributed by atoms with E-state index >= 15 is 0 Å². The van der Waals surface area contributed by atoms with E-state index in [0.717, 1.165) is 20.4 Å². The van der Waals surface area contributed by atoms with Crippen molar-refractivity contribution in [1.29, 1.82) is 0 Å². The molecular formula is C23H21N3O4S2. The summed E-state index contributed by atoms with van der Waals surface area (Å²) in [4.78, 5) is 17.1. The van der Waals surface area contributed by atoms with E-state index in [1.165, 1.54) is 29.7 Å². The fourth-order valence-corrected chi connectivity index (χ4v) is 5.09. The lowest BCUT2D eigenvalue weighted by molar-refractivity contribution is -0.116. The monoisotopic (exact) mass is 467 g/mol. The fourth-order valence-electron chi connectivity index (χ4n) is 3.08. The van der Waals surface area contributed by atoms with Crippen LogP contribution in [0.15, 0.2) is 87.8 Å². The maximum atomic E-state index is 13.2. The SMILES string of the molecule is Cc1ccc(S(=O)(=O)N(CC(=O)Nc2ccc(-c3nccs3)cc2)Cc2ccco2)cc1. The quantitative estimate of drug-likeness (QED) is 0.411. The molecule has 0 spiro atoms. The number of furan rings is 1. The third kappa shape index (κ3) is 5.13. The molecule has 0 aliphatic rings. The number of carbonyl (C=O) groups excluding carboxylic acids is 1. The highest BCUT2D eigenvalue weighted by molar-refractivity contribution is 7.89. The summed E-state index contributed by atoms with van der Waals surface area (Å²) in [5.74, 6) is -0.00414. The van der Waals surface area contributed by atoms with E-state index in [9.17, 15) is 13.2 Å². The van der Waals surface area contributed by atoms with Gasteiger partial charge in [0.1, 0.15) is 10.8 Å². The average Bonchev–Trinajstić information content (AvgIpc) is 3.49. The Morgan fingerprint density at radius 2 is 1.84 bits per heavy atom. The number of hydrogen-bond donors (Lipinski definition) is 1. The first-order chi connectivity index (χ1) is 15.4. The van der Waals surface area contributed by atoms with E-state index in [1.807, 2.05) is 24.4 Å². The summed E-state index contributed by atoms with van der Waals surface area (Å²) in [5.41, 5.74) is 2.46. The molecule has 2 aromatic heterocycles. The van der Waals surface area contributed by atoms with E-state index in [1.54, 1.807) is 42.6 Å². The van der Waals surface area contributed by atoms with Crippen molar-refractivity contribution in [2.24, 2.45) is 0 Å². The number of amides is 1. The number of thiazole rings is 1. The van der Waals surface area contributed by atoms with E-state index in [-0.39, 0.29) is 18.0 Å². The Morgan fingerprint density at radius 1 is 1.09 bits per heavy atom. The summed E-state index contributed by atoms with van der Waals surface area (Å²) >= 11 is 1.53. The molecule has 4 aromatic rings. The van der Waals surface area contributed by atoms with Gasteiger partial charge in [-0.25, -0.2) is 13.4 Å². The van der Waals surface area contributed by atoms with Gasteiger partial charge in [-0.1, -0.05) is 17.7 Å². The first kappa shape index (κ1) is 21.9. The number of carbonyl (C=O) groups is 1. The van der Waals surface area contributed by atoms with Crippen LogP contribution >= 0.6 is 11.3 Å². The molecule has 32 heavy (non-hydrogen) atoms. The molecule has 0 atom stereocenters. The number of sulfonamides is 1. The second kappa shape index (κ2) is 9.47. The highest BCUT2D eigenvalue weighted by Gasteiger charge is 2.27. The molecule has 2 aromatic carbocycles. The van der Waals surface area contributed by atoms with Crippen LogP contribution in [0.5, 0.6) is 0 Å². The van der Waals surface area contributed by atoms with Crippen LogP contribution in [-0.2, 0) is 21.4 Å². The zero-order chi connectivity index (χ0) is 22.6. The van der Waals surface area contributed by atoms with Gasteiger partial charge in [-0.2, -0.15) is 4.31 Å². The minimum atomic E-state index is -3.91. The first-order valence-electron chi connectivity index (χ1n) is 9.81. The Hall–Kier alpha value is -3.27. The maximum absolute atomic E-state index is 13.2. The molecule has 0 saturated heterocycles. The largest absolute Gasteiger partial charge is 0.468 e. The molecule has 0 radical (unpaired) electrons. The highest BCUT2D eigenvalue weighted by atomic mass is 32.2. The number of nitrogens with zero attached hydrogens (tertiary/aromatic N) is 2. The molecule has 0 aliphatic heterocycles. The van der Waals surface area contributed by atoms with Crippen molar-refractivity contribution in [2.45, 2.75) is 18.4 Å². The molecule has 0 saturated carbocycles. The average molecular weight is 468 g/mol. The molecule has 2 heterocycles. The maximum Gasteiger partial charge on any atom is 0.243 e. The van der Waals surface area contributed by atoms with Gasteiger partial charge in [-0.3, -0.25) is 4.79 Å². The highest BCUT2D eigenvalue weighted by Crippen LogP contribution is 2.24. The minimum Gasteiger partial charge on any atom is -0.468 e. The van der Waals surface area contributed by atoms with Crippen molar-refractivity contribution in [2.75, 3.05) is 11.9 Å². The fraction of sp³-hybridized carbons (Fsp3) is 0.130. The Morgan fingerprint density at radius 3 is 2.47 bits per heavy atom. The van der Waals surface area contributed by atoms with Gasteiger partial charge < -0.3 is 9.73 Å². The van der Waals surface area contributed by atoms with Crippen LogP contribution in [0.25, 0.3) is 10.6 Å². The van der Waals surface area contributed by atoms with Crippen LogP contribution in [0.4, 0.5) is 5.69 Å². The van der Waals surface area contributed by atoms with Crippen LogP contribution in [0.2, 0.25) is 0 Å². The molecule has 1 N–H and O–H groups in total. The van der Waals surface area contributed by atoms with Gasteiger partial charge in [0.25, 0.3) is 0 Å². The third-order valence-electron chi connectivity index (χ3n) is 4.74. The van der Waals surface area contributed by atoms with Gasteiger partial charge in [0.05, 0.1) is 24.2 Å². The van der Waals surface area contributed by atoms with Crippen LogP contribution in [0.1, 0.15) is 11.3 Å². The normalized spacial score (nSPS) is 11.6. The van der Waals surface area contributed by atoms with Crippen molar-refractivity contribution in [3.8, 4) is 10.6 Å². The number of aryl methyl sites for hydroxylation is 1. The lowest BCUT2D eigenvalue weighted by atomic mass is 10.2. The van der Waals surface area contributed by atoms with Crippen LogP contribution < -0.4 is 5.32 Å². The number of hydrogen-bond acceptors (Lipinski definition) is 6. The Balaban J connectivity index is 1.51. The third-order valence-corrected chi connectivity index (χ3v) is 7.37. The number of rotatable bonds is 8. The molecule has 164 valence electrons. The molecule has 9 heteroatoms. The second-order valence-electron chi connectivity index (χ2n) is 7.13. The molecule has 0 bridgehead atoms. The number of aromatic nitrogens is 1. The van der Waals surface area contributed by atoms with E-state index < -0.39 is 15.9 Å². The Kier molecular flexibility index (Phi) is 6.50. The minimum absolute atomic E-state index is 0.0559. The standard InChI is InChI=1S/C23H21N3O4S2/c1-17-4-10-21(11-5-17)32(28,29)26(15-20-3-2-13-30-20)16-22(27)25-19-8-6-18(7-9-19)23-24-12-14-31-23/h2-14H,15-16H2,1H3,(H,25,27). The first-order valence-corrected chi connectivity index (χ1v) is 12.1. The Labute approximate surface area is 190 Å². The van der Waals surface area contributed by atoms with Gasteiger partial charge in [0, 0.05) is 22.8 Å². The lowest BCUT2D eigenvalue weighted by Gasteiger charge is -2.21. The van der Waals surface area contributed by atoms with Crippen LogP contribution in [0.3, 0.4) is 0 Å². The number of nitrogens with one attached hydrogen (secondary N) is 1. The molecule has 4 rings (SSSR count). The summed E-state index contributed by atoms with van der Waals surface area (Å²) in [7, 11) is -3.91. The molecule has 7 nitrogen and oxygen atoms in total. The topological polar surface area (TPSA) is 92.5 Å². The van der Waals surface area contributed by atoms with Gasteiger partial charge in [-0.05, 0) is 55.5 Å². The van der Waals surface area contributed by atoms with Crippen molar-refractivity contribution in [1.82, 2.24) is 9.29 Å². The zero-order valence-corrected chi connectivity index (χ0v) is 18.9. The summed E-state index contributed by atoms with van der Waals surface area (Å²) < 4.78 is 32.9. The number of benzene rings is 2. The molecular weight excluding hydrogens is 446 g/mol. The predicted octanol–water partition coefficient (Wildman–Crippen LogP) is 4.54. The predicted molar refractivity (Wildman–Crippen MR) is 124 cm³/mol. The Bertz CT molecular complexity index is 1270. The van der Waals surface area contributed by atoms with Crippen LogP contribution in [-0.4, -0.2) is 30.2 Å². The summed E-state index contributed by atoms with van der Waals surface area (Å²) in [6, 6.07) is 17.1. The van der Waals surface area contributed by atoms with E-state index in [4.69, 9.17) is 4.42 Å². The summed E-state index contributed by atoms with van der Waals surface area (Å²) in [6.07, 6.45) is 3.20. The van der Waals surface area contributed by atoms with Crippen LogP contribution in [0, 0.1) is 6.92 Å². The summed E-state index contributed by atoms with van der Waals surface area (Å²) in [6.45, 7) is 1.47. The van der Waals surface area contributed by atoms with Gasteiger partial charge in [-0.15, -0.1) is 11.3 Å². The lowest BCUT2D eigenvalue weighted by Crippen LogP contribution is -2.37. The summed E-state index contributed by atoms with van der Waals surface area (Å²) in [5, 5.41) is 5.55. The van der Waals surface area contributed by atoms with E-state index in [0.29, 0.717) is 11.4 Å². The second-order valence-corrected chi connectivity index (χ2v) is 9.96. The van der Waals surface area contributed by atoms with Gasteiger partial charge in [0.2, 0.25) is 15.9 Å².